The predicted molar refractivity (Wildman–Crippen MR) is 140 cm³/mol. The number of H-pyrrole nitrogens is 1. The molecule has 0 spiro atoms. The van der Waals surface area contributed by atoms with Gasteiger partial charge in [0, 0.05) is 18.7 Å². The van der Waals surface area contributed by atoms with E-state index in [0.29, 0.717) is 17.9 Å². The number of aromatic amines is 1. The second kappa shape index (κ2) is 12.8. The van der Waals surface area contributed by atoms with E-state index >= 15 is 0 Å². The van der Waals surface area contributed by atoms with Gasteiger partial charge in [-0.2, -0.15) is 13.2 Å². The fraction of sp³-hybridized carbons (Fsp3) is 0.231. The van der Waals surface area contributed by atoms with Crippen LogP contribution in [0.25, 0.3) is 33.5 Å². The van der Waals surface area contributed by atoms with E-state index in [9.17, 15) is 26.0 Å². The monoisotopic (exact) mass is 566 g/mol. The number of alkyl halides is 3. The first-order valence-electron chi connectivity index (χ1n) is 11.6. The number of hydrogen-bond donors (Lipinski definition) is 4. The van der Waals surface area contributed by atoms with Crippen molar-refractivity contribution in [3.8, 4) is 22.5 Å². The van der Waals surface area contributed by atoms with Crippen molar-refractivity contribution in [3.05, 3.63) is 78.1 Å². The van der Waals surface area contributed by atoms with Crippen LogP contribution in [0.2, 0.25) is 0 Å². The molecule has 0 radical (unpaired) electrons. The van der Waals surface area contributed by atoms with Gasteiger partial charge in [-0.05, 0) is 53.9 Å². The number of fused-ring (bicyclic) bond motifs is 1. The van der Waals surface area contributed by atoms with Crippen LogP contribution in [0.4, 0.5) is 17.6 Å². The van der Waals surface area contributed by atoms with Gasteiger partial charge in [0.15, 0.2) is 0 Å². The highest BCUT2D eigenvalue weighted by Gasteiger charge is 2.38. The number of carbonyl (C=O) groups is 1. The summed E-state index contributed by atoms with van der Waals surface area (Å²) in [6.45, 7) is 1.88. The molecule has 4 N–H and O–H groups in total. The zero-order valence-electron chi connectivity index (χ0n) is 20.7. The Labute approximate surface area is 222 Å². The van der Waals surface area contributed by atoms with Crippen LogP contribution in [0.1, 0.15) is 12.0 Å². The van der Waals surface area contributed by atoms with Crippen molar-refractivity contribution in [2.45, 2.75) is 19.1 Å². The molecule has 4 aromatic rings. The minimum Gasteiger partial charge on any atom is -0.475 e. The van der Waals surface area contributed by atoms with Crippen molar-refractivity contribution in [1.82, 2.24) is 20.0 Å². The van der Waals surface area contributed by atoms with Gasteiger partial charge in [0.2, 0.25) is 10.0 Å². The molecule has 0 aliphatic heterocycles. The Hall–Kier alpha value is -3.81. The third kappa shape index (κ3) is 9.46. The van der Waals surface area contributed by atoms with E-state index in [4.69, 9.17) is 9.90 Å². The Kier molecular flexibility index (Phi) is 9.78. The maximum absolute atomic E-state index is 13.5. The molecular weight excluding hydrogens is 540 g/mol. The summed E-state index contributed by atoms with van der Waals surface area (Å²) in [6, 6.07) is 20.9. The number of nitrogens with zero attached hydrogens (tertiary/aromatic N) is 1. The van der Waals surface area contributed by atoms with Crippen molar-refractivity contribution in [1.29, 1.82) is 0 Å². The maximum atomic E-state index is 13.5. The van der Waals surface area contributed by atoms with E-state index in [0.717, 1.165) is 53.5 Å². The Morgan fingerprint density at radius 2 is 1.64 bits per heavy atom. The van der Waals surface area contributed by atoms with Crippen LogP contribution in [0.5, 0.6) is 0 Å². The fourth-order valence-electron chi connectivity index (χ4n) is 3.48. The van der Waals surface area contributed by atoms with Crippen LogP contribution < -0.4 is 10.0 Å². The molecule has 8 nitrogen and oxygen atoms in total. The van der Waals surface area contributed by atoms with Gasteiger partial charge in [0.1, 0.15) is 11.6 Å². The van der Waals surface area contributed by atoms with Gasteiger partial charge >= 0.3 is 12.1 Å². The van der Waals surface area contributed by atoms with Crippen LogP contribution in [0.15, 0.2) is 66.7 Å². The van der Waals surface area contributed by atoms with Gasteiger partial charge in [-0.1, -0.05) is 42.5 Å². The van der Waals surface area contributed by atoms with Crippen molar-refractivity contribution in [2.24, 2.45) is 0 Å². The minimum atomic E-state index is -5.08. The molecule has 0 aliphatic carbocycles. The van der Waals surface area contributed by atoms with Crippen LogP contribution in [-0.4, -0.2) is 55.0 Å². The van der Waals surface area contributed by atoms with Gasteiger partial charge in [0.05, 0.1) is 17.3 Å². The normalized spacial score (nSPS) is 11.7. The summed E-state index contributed by atoms with van der Waals surface area (Å²) in [4.78, 5) is 16.7. The van der Waals surface area contributed by atoms with Crippen LogP contribution in [0.3, 0.4) is 0 Å². The zero-order valence-corrected chi connectivity index (χ0v) is 21.5. The summed E-state index contributed by atoms with van der Waals surface area (Å²) in [6.07, 6.45) is -3.19. The van der Waals surface area contributed by atoms with Gasteiger partial charge in [-0.15, -0.1) is 0 Å². The second-order valence-corrected chi connectivity index (χ2v) is 10.4. The molecule has 4 rings (SSSR count). The Bertz CT molecular complexity index is 1520. The predicted octanol–water partition coefficient (Wildman–Crippen LogP) is 4.70. The van der Waals surface area contributed by atoms with E-state index < -0.39 is 22.2 Å². The molecule has 1 heterocycles. The first-order valence-corrected chi connectivity index (χ1v) is 13.5. The lowest BCUT2D eigenvalue weighted by Gasteiger charge is -2.08. The van der Waals surface area contributed by atoms with E-state index in [-0.39, 0.29) is 5.82 Å². The quantitative estimate of drug-likeness (QED) is 0.172. The average molecular weight is 567 g/mol. The lowest BCUT2D eigenvalue weighted by molar-refractivity contribution is -0.192. The molecule has 0 atom stereocenters. The molecule has 0 unspecified atom stereocenters. The number of sulfonamides is 1. The third-order valence-electron chi connectivity index (χ3n) is 5.33. The van der Waals surface area contributed by atoms with Crippen LogP contribution in [0, 0.1) is 5.82 Å². The van der Waals surface area contributed by atoms with E-state index in [1.54, 1.807) is 6.07 Å². The average Bonchev–Trinajstić information content (AvgIpc) is 3.29. The standard InChI is InChI=1S/C24H25FN4O2S.C2HF3O2/c1-32(30,31)27-13-3-12-26-16-17-6-8-18(9-7-17)19-4-2-5-20(14-19)24-28-22-11-10-21(25)15-23(22)29-24;3-2(4,5)1(6)7/h2,4-11,14-15,26-27H,3,12-13,16H2,1H3,(H,28,29);(H,6,7). The molecule has 0 amide bonds. The van der Waals surface area contributed by atoms with Gasteiger partial charge in [-0.3, -0.25) is 0 Å². The highest BCUT2D eigenvalue weighted by Crippen LogP contribution is 2.27. The highest BCUT2D eigenvalue weighted by atomic mass is 32.2. The first kappa shape index (κ1) is 29.7. The summed E-state index contributed by atoms with van der Waals surface area (Å²) in [5.74, 6) is -2.34. The molecule has 208 valence electrons. The molecule has 0 fully saturated rings. The highest BCUT2D eigenvalue weighted by molar-refractivity contribution is 7.88. The summed E-state index contributed by atoms with van der Waals surface area (Å²) in [5.41, 5.74) is 5.66. The molecule has 0 saturated heterocycles. The first-order chi connectivity index (χ1) is 18.3. The molecule has 39 heavy (non-hydrogen) atoms. The molecule has 0 aliphatic rings. The number of imidazole rings is 1. The summed E-state index contributed by atoms with van der Waals surface area (Å²) >= 11 is 0. The number of aromatic nitrogens is 2. The third-order valence-corrected chi connectivity index (χ3v) is 6.06. The zero-order chi connectivity index (χ0) is 28.6. The van der Waals surface area contributed by atoms with Gasteiger partial charge < -0.3 is 15.4 Å². The maximum Gasteiger partial charge on any atom is 0.490 e. The number of benzene rings is 3. The van der Waals surface area contributed by atoms with Crippen molar-refractivity contribution in [2.75, 3.05) is 19.3 Å². The number of aliphatic carboxylic acids is 1. The molecule has 0 bridgehead atoms. The number of halogens is 4. The summed E-state index contributed by atoms with van der Waals surface area (Å²) in [7, 11) is -3.12. The van der Waals surface area contributed by atoms with Crippen LogP contribution >= 0.6 is 0 Å². The number of nitrogens with one attached hydrogen (secondary N) is 3. The summed E-state index contributed by atoms with van der Waals surface area (Å²) < 4.78 is 69.8. The Morgan fingerprint density at radius 3 is 2.28 bits per heavy atom. The van der Waals surface area contributed by atoms with Crippen molar-refractivity contribution < 1.29 is 35.9 Å². The van der Waals surface area contributed by atoms with Crippen molar-refractivity contribution >= 4 is 27.0 Å². The Balaban J connectivity index is 0.000000532. The van der Waals surface area contributed by atoms with Crippen molar-refractivity contribution in [3.63, 3.8) is 0 Å². The topological polar surface area (TPSA) is 124 Å². The van der Waals surface area contributed by atoms with E-state index in [1.165, 1.54) is 12.1 Å². The van der Waals surface area contributed by atoms with Gasteiger partial charge in [-0.25, -0.2) is 27.3 Å². The lowest BCUT2D eigenvalue weighted by atomic mass is 10.0. The lowest BCUT2D eigenvalue weighted by Crippen LogP contribution is -2.26. The molecule has 13 heteroatoms. The Morgan fingerprint density at radius 1 is 0.974 bits per heavy atom. The summed E-state index contributed by atoms with van der Waals surface area (Å²) in [5, 5.41) is 10.4. The van der Waals surface area contributed by atoms with E-state index in [1.807, 2.05) is 18.2 Å². The van der Waals surface area contributed by atoms with Crippen LogP contribution in [-0.2, 0) is 21.4 Å². The smallest absolute Gasteiger partial charge is 0.475 e. The number of rotatable bonds is 9. The van der Waals surface area contributed by atoms with Gasteiger partial charge in [0.25, 0.3) is 0 Å². The molecular formula is C26H26F4N4O4S. The SMILES string of the molecule is CS(=O)(=O)NCCCNCc1ccc(-c2cccc(-c3nc4ccc(F)cc4[nH]3)c2)cc1.O=C(O)C(F)(F)F. The molecule has 3 aromatic carbocycles. The minimum absolute atomic E-state index is 0.290. The second-order valence-electron chi connectivity index (χ2n) is 8.52. The molecule has 1 aromatic heterocycles. The number of hydrogen-bond acceptors (Lipinski definition) is 5. The largest absolute Gasteiger partial charge is 0.490 e. The molecule has 0 saturated carbocycles. The fourth-order valence-corrected chi connectivity index (χ4v) is 4.00. The number of carboxylic acids is 1. The number of carboxylic acid groups (broad SMARTS) is 1. The van der Waals surface area contributed by atoms with E-state index in [2.05, 4.69) is 50.3 Å².